The van der Waals surface area contributed by atoms with Gasteiger partial charge in [0.1, 0.15) is 0 Å². The van der Waals surface area contributed by atoms with E-state index in [4.69, 9.17) is 21.3 Å². The Balaban J connectivity index is 1.95. The van der Waals surface area contributed by atoms with E-state index in [1.807, 2.05) is 6.07 Å². The first-order valence-corrected chi connectivity index (χ1v) is 8.64. The molecular formula is C18H21ClN2O. The predicted octanol–water partition coefficient (Wildman–Crippen LogP) is 3.99. The van der Waals surface area contributed by atoms with Crippen LogP contribution in [0.25, 0.3) is 10.9 Å². The van der Waals surface area contributed by atoms with Crippen molar-refractivity contribution in [2.24, 2.45) is 0 Å². The molecule has 0 amide bonds. The van der Waals surface area contributed by atoms with Gasteiger partial charge in [0.15, 0.2) is 0 Å². The minimum atomic E-state index is 0.789. The van der Waals surface area contributed by atoms with Gasteiger partial charge in [0.2, 0.25) is 0 Å². The van der Waals surface area contributed by atoms with Gasteiger partial charge in [0.05, 0.1) is 24.4 Å². The fourth-order valence-corrected chi connectivity index (χ4v) is 3.87. The van der Waals surface area contributed by atoms with Crippen molar-refractivity contribution >= 4 is 28.2 Å². The molecule has 4 rings (SSSR count). The summed E-state index contributed by atoms with van der Waals surface area (Å²) in [6.45, 7) is 3.52. The maximum absolute atomic E-state index is 6.27. The number of nitrogens with zero attached hydrogens (tertiary/aromatic N) is 2. The average molecular weight is 317 g/mol. The molecule has 0 radical (unpaired) electrons. The Bertz CT molecular complexity index is 695. The van der Waals surface area contributed by atoms with Crippen LogP contribution in [0.3, 0.4) is 0 Å². The first-order chi connectivity index (χ1) is 10.8. The Morgan fingerprint density at radius 3 is 2.73 bits per heavy atom. The van der Waals surface area contributed by atoms with E-state index in [0.717, 1.165) is 49.7 Å². The molecule has 116 valence electrons. The molecule has 1 aliphatic carbocycles. The summed E-state index contributed by atoms with van der Waals surface area (Å²) < 4.78 is 5.54. The van der Waals surface area contributed by atoms with Crippen LogP contribution < -0.4 is 4.90 Å². The van der Waals surface area contributed by atoms with Gasteiger partial charge in [-0.05, 0) is 49.4 Å². The molecule has 0 unspecified atom stereocenters. The lowest BCUT2D eigenvalue weighted by Crippen LogP contribution is -2.37. The number of hydrogen-bond acceptors (Lipinski definition) is 3. The molecule has 1 aromatic carbocycles. The number of hydrogen-bond donors (Lipinski definition) is 0. The quantitative estimate of drug-likeness (QED) is 0.744. The predicted molar refractivity (Wildman–Crippen MR) is 91.0 cm³/mol. The van der Waals surface area contributed by atoms with Crippen LogP contribution in [0.15, 0.2) is 18.2 Å². The van der Waals surface area contributed by atoms with Crippen LogP contribution in [0.2, 0.25) is 5.02 Å². The molecule has 2 heterocycles. The summed E-state index contributed by atoms with van der Waals surface area (Å²) in [5.41, 5.74) is 5.20. The van der Waals surface area contributed by atoms with E-state index in [9.17, 15) is 0 Å². The summed E-state index contributed by atoms with van der Waals surface area (Å²) in [5, 5.41) is 1.99. The van der Waals surface area contributed by atoms with Crippen molar-refractivity contribution in [1.29, 1.82) is 0 Å². The molecule has 0 saturated carbocycles. The molecule has 2 aliphatic rings. The van der Waals surface area contributed by atoms with Gasteiger partial charge < -0.3 is 9.64 Å². The Kier molecular flexibility index (Phi) is 3.93. The van der Waals surface area contributed by atoms with Crippen LogP contribution in [0.4, 0.5) is 5.69 Å². The molecule has 4 heteroatoms. The number of ether oxygens (including phenoxy) is 1. The lowest BCUT2D eigenvalue weighted by atomic mass is 10.0. The molecule has 0 bridgehead atoms. The Hall–Kier alpha value is -1.32. The lowest BCUT2D eigenvalue weighted by molar-refractivity contribution is 0.122. The van der Waals surface area contributed by atoms with Gasteiger partial charge in [-0.15, -0.1) is 0 Å². The second-order valence-electron chi connectivity index (χ2n) is 6.21. The fraction of sp³-hybridized carbons (Fsp3) is 0.500. The summed E-state index contributed by atoms with van der Waals surface area (Å²) in [4.78, 5) is 7.44. The molecule has 1 fully saturated rings. The van der Waals surface area contributed by atoms with Gasteiger partial charge in [0, 0.05) is 29.2 Å². The van der Waals surface area contributed by atoms with Gasteiger partial charge >= 0.3 is 0 Å². The standard InChI is InChI=1S/C18H21ClN2O/c19-13-6-7-17-15(12-13)18(21-8-10-22-11-9-21)14-4-2-1-3-5-16(14)20-17/h6-7,12H,1-5,8-11H2. The SMILES string of the molecule is Clc1ccc2nc3c(c(N4CCOCC4)c2c1)CCCCC3. The zero-order valence-electron chi connectivity index (χ0n) is 12.8. The van der Waals surface area contributed by atoms with Crippen LogP contribution in [0, 0.1) is 0 Å². The van der Waals surface area contributed by atoms with E-state index in [-0.39, 0.29) is 0 Å². The van der Waals surface area contributed by atoms with E-state index in [2.05, 4.69) is 17.0 Å². The molecular weight excluding hydrogens is 296 g/mol. The molecule has 0 N–H and O–H groups in total. The normalized spacial score (nSPS) is 19.0. The molecule has 0 atom stereocenters. The van der Waals surface area contributed by atoms with Crippen LogP contribution in [0.1, 0.15) is 30.5 Å². The number of anilines is 1. The smallest absolute Gasteiger partial charge is 0.0727 e. The number of fused-ring (bicyclic) bond motifs is 2. The third-order valence-electron chi connectivity index (χ3n) is 4.77. The van der Waals surface area contributed by atoms with E-state index >= 15 is 0 Å². The minimum Gasteiger partial charge on any atom is -0.378 e. The van der Waals surface area contributed by atoms with Crippen molar-refractivity contribution in [2.45, 2.75) is 32.1 Å². The molecule has 1 aromatic heterocycles. The van der Waals surface area contributed by atoms with Crippen molar-refractivity contribution in [3.8, 4) is 0 Å². The third kappa shape index (κ3) is 2.57. The summed E-state index contributed by atoms with van der Waals surface area (Å²) in [7, 11) is 0. The van der Waals surface area contributed by atoms with Gasteiger partial charge in [0.25, 0.3) is 0 Å². The van der Waals surface area contributed by atoms with E-state index in [1.165, 1.54) is 41.6 Å². The van der Waals surface area contributed by atoms with E-state index in [0.29, 0.717) is 0 Å². The Labute approximate surface area is 136 Å². The highest BCUT2D eigenvalue weighted by molar-refractivity contribution is 6.31. The first-order valence-electron chi connectivity index (χ1n) is 8.26. The lowest BCUT2D eigenvalue weighted by Gasteiger charge is -2.32. The monoisotopic (exact) mass is 316 g/mol. The maximum Gasteiger partial charge on any atom is 0.0727 e. The summed E-state index contributed by atoms with van der Waals surface area (Å²) >= 11 is 6.27. The summed E-state index contributed by atoms with van der Waals surface area (Å²) in [5.74, 6) is 0. The van der Waals surface area contributed by atoms with E-state index < -0.39 is 0 Å². The zero-order valence-corrected chi connectivity index (χ0v) is 13.5. The molecule has 3 nitrogen and oxygen atoms in total. The number of benzene rings is 1. The van der Waals surface area contributed by atoms with Crippen molar-refractivity contribution in [3.05, 3.63) is 34.5 Å². The highest BCUT2D eigenvalue weighted by atomic mass is 35.5. The number of halogens is 1. The Morgan fingerprint density at radius 2 is 1.86 bits per heavy atom. The van der Waals surface area contributed by atoms with Crippen LogP contribution in [-0.2, 0) is 17.6 Å². The van der Waals surface area contributed by atoms with Crippen molar-refractivity contribution < 1.29 is 4.74 Å². The maximum atomic E-state index is 6.27. The van der Waals surface area contributed by atoms with Crippen LogP contribution >= 0.6 is 11.6 Å². The van der Waals surface area contributed by atoms with Crippen molar-refractivity contribution in [1.82, 2.24) is 4.98 Å². The zero-order chi connectivity index (χ0) is 14.9. The topological polar surface area (TPSA) is 25.4 Å². The minimum absolute atomic E-state index is 0.789. The van der Waals surface area contributed by atoms with Gasteiger partial charge in [-0.3, -0.25) is 4.98 Å². The number of morpholine rings is 1. The third-order valence-corrected chi connectivity index (χ3v) is 5.01. The van der Waals surface area contributed by atoms with Crippen molar-refractivity contribution in [3.63, 3.8) is 0 Å². The first kappa shape index (κ1) is 14.3. The van der Waals surface area contributed by atoms with E-state index in [1.54, 1.807) is 0 Å². The van der Waals surface area contributed by atoms with Gasteiger partial charge in [-0.25, -0.2) is 0 Å². The summed E-state index contributed by atoms with van der Waals surface area (Å²) in [6.07, 6.45) is 6.05. The number of aryl methyl sites for hydroxylation is 1. The molecule has 22 heavy (non-hydrogen) atoms. The largest absolute Gasteiger partial charge is 0.378 e. The molecule has 1 saturated heterocycles. The highest BCUT2D eigenvalue weighted by Crippen LogP contribution is 2.36. The second-order valence-corrected chi connectivity index (χ2v) is 6.64. The molecule has 2 aromatic rings. The van der Waals surface area contributed by atoms with Gasteiger partial charge in [-0.2, -0.15) is 0 Å². The average Bonchev–Trinajstić information content (AvgIpc) is 2.78. The van der Waals surface area contributed by atoms with Crippen molar-refractivity contribution in [2.75, 3.05) is 31.2 Å². The number of pyridine rings is 1. The molecule has 1 aliphatic heterocycles. The number of rotatable bonds is 1. The summed E-state index contributed by atoms with van der Waals surface area (Å²) in [6, 6.07) is 6.09. The second kappa shape index (κ2) is 6.05. The van der Waals surface area contributed by atoms with Crippen LogP contribution in [-0.4, -0.2) is 31.3 Å². The highest BCUT2D eigenvalue weighted by Gasteiger charge is 2.22. The Morgan fingerprint density at radius 1 is 1.05 bits per heavy atom. The molecule has 0 spiro atoms. The van der Waals surface area contributed by atoms with Gasteiger partial charge in [-0.1, -0.05) is 18.0 Å². The number of aromatic nitrogens is 1. The fourth-order valence-electron chi connectivity index (χ4n) is 3.70. The van der Waals surface area contributed by atoms with Crippen LogP contribution in [0.5, 0.6) is 0 Å².